The van der Waals surface area contributed by atoms with Crippen molar-refractivity contribution in [2.75, 3.05) is 16.8 Å². The van der Waals surface area contributed by atoms with Crippen molar-refractivity contribution >= 4 is 21.6 Å². The number of anilines is 1. The van der Waals surface area contributed by atoms with Gasteiger partial charge in [0.2, 0.25) is 0 Å². The van der Waals surface area contributed by atoms with Gasteiger partial charge >= 0.3 is 0 Å². The lowest BCUT2D eigenvalue weighted by Gasteiger charge is -2.14. The van der Waals surface area contributed by atoms with Crippen molar-refractivity contribution < 1.29 is 13.2 Å². The summed E-state index contributed by atoms with van der Waals surface area (Å²) in [5.41, 5.74) is 0.264. The van der Waals surface area contributed by atoms with Crippen LogP contribution in [0, 0.1) is 0 Å². The Hall–Kier alpha value is -1.70. The highest BCUT2D eigenvalue weighted by Crippen LogP contribution is 2.21. The van der Waals surface area contributed by atoms with Crippen molar-refractivity contribution in [1.82, 2.24) is 15.3 Å². The SMILES string of the molecule is O=C(NC1CCS(=O)(=O)C1)c1cc(NC2CCCC2)ncn1. The van der Waals surface area contributed by atoms with Gasteiger partial charge in [-0.15, -0.1) is 0 Å². The smallest absolute Gasteiger partial charge is 0.270 e. The molecule has 0 spiro atoms. The number of carbonyl (C=O) groups excluding carboxylic acids is 1. The molecule has 1 aromatic rings. The predicted molar refractivity (Wildman–Crippen MR) is 82.4 cm³/mol. The zero-order valence-corrected chi connectivity index (χ0v) is 13.1. The molecule has 2 heterocycles. The molecule has 22 heavy (non-hydrogen) atoms. The van der Waals surface area contributed by atoms with Gasteiger partial charge < -0.3 is 10.6 Å². The molecule has 1 saturated carbocycles. The van der Waals surface area contributed by atoms with E-state index in [1.165, 1.54) is 19.2 Å². The first-order valence-corrected chi connectivity index (χ1v) is 9.44. The third-order valence-corrected chi connectivity index (χ3v) is 5.94. The highest BCUT2D eigenvalue weighted by molar-refractivity contribution is 7.91. The Morgan fingerprint density at radius 3 is 2.59 bits per heavy atom. The van der Waals surface area contributed by atoms with Gasteiger partial charge in [0.05, 0.1) is 11.5 Å². The minimum Gasteiger partial charge on any atom is -0.367 e. The first-order valence-electron chi connectivity index (χ1n) is 7.62. The van der Waals surface area contributed by atoms with Crippen LogP contribution in [0.1, 0.15) is 42.6 Å². The van der Waals surface area contributed by atoms with Crippen LogP contribution >= 0.6 is 0 Å². The summed E-state index contributed by atoms with van der Waals surface area (Å²) in [6, 6.07) is 1.71. The summed E-state index contributed by atoms with van der Waals surface area (Å²) in [7, 11) is -3.01. The van der Waals surface area contributed by atoms with E-state index in [1.807, 2.05) is 0 Å². The van der Waals surface area contributed by atoms with E-state index in [9.17, 15) is 13.2 Å². The minimum atomic E-state index is -3.01. The van der Waals surface area contributed by atoms with Gasteiger partial charge in [-0.2, -0.15) is 0 Å². The van der Waals surface area contributed by atoms with Crippen molar-refractivity contribution in [3.8, 4) is 0 Å². The Kier molecular flexibility index (Phi) is 4.28. The van der Waals surface area contributed by atoms with Crippen LogP contribution < -0.4 is 10.6 Å². The summed E-state index contributed by atoms with van der Waals surface area (Å²) < 4.78 is 22.8. The molecular formula is C14H20N4O3S. The van der Waals surface area contributed by atoms with Crippen LogP contribution in [-0.4, -0.2) is 47.9 Å². The monoisotopic (exact) mass is 324 g/mol. The number of aromatic nitrogens is 2. The van der Waals surface area contributed by atoms with E-state index < -0.39 is 9.84 Å². The van der Waals surface area contributed by atoms with Crippen molar-refractivity contribution in [2.24, 2.45) is 0 Å². The van der Waals surface area contributed by atoms with Crippen LogP contribution in [0.4, 0.5) is 5.82 Å². The highest BCUT2D eigenvalue weighted by Gasteiger charge is 2.29. The summed E-state index contributed by atoms with van der Waals surface area (Å²) in [4.78, 5) is 20.3. The zero-order chi connectivity index (χ0) is 15.6. The molecule has 1 amide bonds. The normalized spacial score (nSPS) is 24.3. The second-order valence-corrected chi connectivity index (χ2v) is 8.22. The first kappa shape index (κ1) is 15.2. The number of carbonyl (C=O) groups is 1. The maximum absolute atomic E-state index is 12.2. The molecule has 7 nitrogen and oxygen atoms in total. The summed E-state index contributed by atoms with van der Waals surface area (Å²) in [5.74, 6) is 0.442. The lowest BCUT2D eigenvalue weighted by Crippen LogP contribution is -2.36. The van der Waals surface area contributed by atoms with E-state index in [0.29, 0.717) is 18.3 Å². The maximum Gasteiger partial charge on any atom is 0.270 e. The van der Waals surface area contributed by atoms with Gasteiger partial charge in [-0.1, -0.05) is 12.8 Å². The van der Waals surface area contributed by atoms with Crippen molar-refractivity contribution in [2.45, 2.75) is 44.2 Å². The Bertz CT molecular complexity index is 656. The fourth-order valence-electron chi connectivity index (χ4n) is 3.01. The summed E-state index contributed by atoms with van der Waals surface area (Å²) in [6.07, 6.45) is 6.49. The number of hydrogen-bond donors (Lipinski definition) is 2. The van der Waals surface area contributed by atoms with Crippen molar-refractivity contribution in [3.63, 3.8) is 0 Å². The second kappa shape index (κ2) is 6.20. The van der Waals surface area contributed by atoms with E-state index in [1.54, 1.807) is 6.07 Å². The van der Waals surface area contributed by atoms with Gasteiger partial charge in [0.1, 0.15) is 17.8 Å². The van der Waals surface area contributed by atoms with E-state index in [2.05, 4.69) is 20.6 Å². The van der Waals surface area contributed by atoms with Gasteiger partial charge in [0, 0.05) is 18.2 Å². The van der Waals surface area contributed by atoms with Crippen LogP contribution in [0.25, 0.3) is 0 Å². The third-order valence-electron chi connectivity index (χ3n) is 4.17. The predicted octanol–water partition coefficient (Wildman–Crippen LogP) is 0.748. The summed E-state index contributed by atoms with van der Waals surface area (Å²) >= 11 is 0. The minimum absolute atomic E-state index is 0.0109. The van der Waals surface area contributed by atoms with E-state index in [4.69, 9.17) is 0 Å². The fourth-order valence-corrected chi connectivity index (χ4v) is 4.68. The Labute approximate surface area is 129 Å². The molecule has 1 aliphatic carbocycles. The largest absolute Gasteiger partial charge is 0.367 e. The Morgan fingerprint density at radius 1 is 1.14 bits per heavy atom. The summed E-state index contributed by atoms with van der Waals surface area (Å²) in [6.45, 7) is 0. The molecule has 120 valence electrons. The van der Waals surface area contributed by atoms with Crippen LogP contribution in [0.15, 0.2) is 12.4 Å². The first-order chi connectivity index (χ1) is 10.5. The molecule has 1 aliphatic heterocycles. The number of nitrogens with zero attached hydrogens (tertiary/aromatic N) is 2. The van der Waals surface area contributed by atoms with Crippen molar-refractivity contribution in [1.29, 1.82) is 0 Å². The number of hydrogen-bond acceptors (Lipinski definition) is 6. The van der Waals surface area contributed by atoms with Crippen molar-refractivity contribution in [3.05, 3.63) is 18.1 Å². The van der Waals surface area contributed by atoms with E-state index in [-0.39, 0.29) is 29.1 Å². The third kappa shape index (κ3) is 3.73. The zero-order valence-electron chi connectivity index (χ0n) is 12.3. The molecule has 3 rings (SSSR count). The van der Waals surface area contributed by atoms with Gasteiger partial charge in [0.25, 0.3) is 5.91 Å². The van der Waals surface area contributed by atoms with Crippen LogP contribution in [0.5, 0.6) is 0 Å². The molecule has 8 heteroatoms. The maximum atomic E-state index is 12.2. The Balaban J connectivity index is 1.62. The average Bonchev–Trinajstić information content (AvgIpc) is 3.09. The topological polar surface area (TPSA) is 101 Å². The molecule has 1 unspecified atom stereocenters. The standard InChI is InChI=1S/C14H20N4O3S/c19-14(18-11-5-6-22(20,21)8-11)12-7-13(16-9-15-12)17-10-3-1-2-4-10/h7,9-11H,1-6,8H2,(H,18,19)(H,15,16,17). The van der Waals surface area contributed by atoms with E-state index in [0.717, 1.165) is 12.8 Å². The van der Waals surface area contributed by atoms with Crippen LogP contribution in [0.2, 0.25) is 0 Å². The number of rotatable bonds is 4. The van der Waals surface area contributed by atoms with Crippen LogP contribution in [0.3, 0.4) is 0 Å². The molecule has 0 aromatic carbocycles. The second-order valence-electron chi connectivity index (χ2n) is 5.99. The molecular weight excluding hydrogens is 304 g/mol. The Morgan fingerprint density at radius 2 is 1.91 bits per heavy atom. The molecule has 1 aromatic heterocycles. The van der Waals surface area contributed by atoms with E-state index >= 15 is 0 Å². The molecule has 1 atom stereocenters. The number of sulfone groups is 1. The quantitative estimate of drug-likeness (QED) is 0.847. The van der Waals surface area contributed by atoms with Crippen LogP contribution in [-0.2, 0) is 9.84 Å². The highest BCUT2D eigenvalue weighted by atomic mass is 32.2. The van der Waals surface area contributed by atoms with Gasteiger partial charge in [-0.3, -0.25) is 4.79 Å². The summed E-state index contributed by atoms with van der Waals surface area (Å²) in [5, 5.41) is 6.05. The van der Waals surface area contributed by atoms with Gasteiger partial charge in [-0.25, -0.2) is 18.4 Å². The lowest BCUT2D eigenvalue weighted by molar-refractivity contribution is 0.0936. The lowest BCUT2D eigenvalue weighted by atomic mass is 10.2. The van der Waals surface area contributed by atoms with Gasteiger partial charge in [0.15, 0.2) is 9.84 Å². The molecule has 0 bridgehead atoms. The number of nitrogens with one attached hydrogen (secondary N) is 2. The fraction of sp³-hybridized carbons (Fsp3) is 0.643. The number of amides is 1. The molecule has 2 aliphatic rings. The average molecular weight is 324 g/mol. The molecule has 0 radical (unpaired) electrons. The molecule has 2 N–H and O–H groups in total. The van der Waals surface area contributed by atoms with Gasteiger partial charge in [-0.05, 0) is 19.3 Å². The molecule has 2 fully saturated rings. The molecule has 1 saturated heterocycles.